The summed E-state index contributed by atoms with van der Waals surface area (Å²) in [6.45, 7) is 0. The van der Waals surface area contributed by atoms with Gasteiger partial charge in [0.2, 0.25) is 0 Å². The number of hydrogen-bond donors (Lipinski definition) is 2. The number of aliphatic hydroxyl groups is 1. The average Bonchev–Trinajstić information content (AvgIpc) is 3.03. The molecule has 3 rings (SSSR count). The number of rotatable bonds is 5. The molecule has 2 aromatic rings. The molecule has 0 spiro atoms. The highest BCUT2D eigenvalue weighted by Gasteiger charge is 2.30. The number of benzene rings is 2. The summed E-state index contributed by atoms with van der Waals surface area (Å²) in [6, 6.07) is 14.6. The number of hydrogen-bond acceptors (Lipinski definition) is 3. The Morgan fingerprint density at radius 1 is 1.21 bits per heavy atom. The molecule has 2 N–H and O–H groups in total. The van der Waals surface area contributed by atoms with Gasteiger partial charge in [0.15, 0.2) is 0 Å². The van der Waals surface area contributed by atoms with E-state index in [-0.39, 0.29) is 24.3 Å². The van der Waals surface area contributed by atoms with Crippen LogP contribution in [0.2, 0.25) is 0 Å². The number of aliphatic hydroxyl groups excluding tert-OH is 1. The third-order valence-corrected chi connectivity index (χ3v) is 4.49. The van der Waals surface area contributed by atoms with Crippen molar-refractivity contribution in [2.75, 3.05) is 7.11 Å². The number of nitrogens with one attached hydrogen (secondary N) is 1. The van der Waals surface area contributed by atoms with E-state index in [1.165, 1.54) is 17.7 Å². The molecule has 0 aliphatic carbocycles. The smallest absolute Gasteiger partial charge is 0.123 e. The van der Waals surface area contributed by atoms with Crippen LogP contribution in [0.15, 0.2) is 48.5 Å². The van der Waals surface area contributed by atoms with Crippen LogP contribution >= 0.6 is 12.4 Å². The van der Waals surface area contributed by atoms with Crippen molar-refractivity contribution in [3.8, 4) is 5.75 Å². The zero-order chi connectivity index (χ0) is 16.2. The minimum Gasteiger partial charge on any atom is -0.497 e. The van der Waals surface area contributed by atoms with E-state index in [0.29, 0.717) is 11.6 Å². The lowest BCUT2D eigenvalue weighted by Gasteiger charge is -2.20. The fourth-order valence-corrected chi connectivity index (χ4v) is 3.23. The molecule has 0 radical (unpaired) electrons. The molecule has 1 fully saturated rings. The summed E-state index contributed by atoms with van der Waals surface area (Å²) in [4.78, 5) is 0. The van der Waals surface area contributed by atoms with Crippen LogP contribution in [0.3, 0.4) is 0 Å². The third kappa shape index (κ3) is 4.47. The molecule has 24 heavy (non-hydrogen) atoms. The summed E-state index contributed by atoms with van der Waals surface area (Å²) in [5, 5.41) is 13.9. The van der Waals surface area contributed by atoms with E-state index >= 15 is 0 Å². The van der Waals surface area contributed by atoms with Crippen molar-refractivity contribution in [2.24, 2.45) is 0 Å². The molecule has 1 aliphatic rings. The minimum absolute atomic E-state index is 0. The molecule has 5 heteroatoms. The highest BCUT2D eigenvalue weighted by atomic mass is 35.5. The fraction of sp³-hybridized carbons (Fsp3) is 0.368. The van der Waals surface area contributed by atoms with E-state index in [0.717, 1.165) is 25.0 Å². The lowest BCUT2D eigenvalue weighted by molar-refractivity contribution is 0.135. The second kappa shape index (κ2) is 8.47. The highest BCUT2D eigenvalue weighted by molar-refractivity contribution is 5.85. The summed E-state index contributed by atoms with van der Waals surface area (Å²) < 4.78 is 18.5. The molecule has 0 aromatic heterocycles. The molecule has 0 unspecified atom stereocenters. The molecular weight excluding hydrogens is 329 g/mol. The van der Waals surface area contributed by atoms with Gasteiger partial charge in [0.05, 0.1) is 13.2 Å². The second-order valence-electron chi connectivity index (χ2n) is 6.10. The summed E-state index contributed by atoms with van der Waals surface area (Å²) in [5.74, 6) is 0.543. The Bertz CT molecular complexity index is 650. The maximum atomic E-state index is 13.3. The second-order valence-corrected chi connectivity index (χ2v) is 6.10. The molecule has 3 atom stereocenters. The van der Waals surface area contributed by atoms with Gasteiger partial charge in [-0.25, -0.2) is 4.39 Å². The van der Waals surface area contributed by atoms with Gasteiger partial charge in [-0.2, -0.15) is 0 Å². The summed E-state index contributed by atoms with van der Waals surface area (Å²) in [7, 11) is 1.66. The van der Waals surface area contributed by atoms with E-state index in [9.17, 15) is 9.50 Å². The molecule has 1 saturated heterocycles. The first-order valence-corrected chi connectivity index (χ1v) is 7.98. The van der Waals surface area contributed by atoms with Gasteiger partial charge in [0, 0.05) is 12.1 Å². The quantitative estimate of drug-likeness (QED) is 0.864. The molecule has 3 nitrogen and oxygen atoms in total. The maximum Gasteiger partial charge on any atom is 0.123 e. The van der Waals surface area contributed by atoms with Gasteiger partial charge in [0.1, 0.15) is 11.6 Å². The predicted octanol–water partition coefficient (Wildman–Crippen LogP) is 3.65. The average molecular weight is 352 g/mol. The first-order chi connectivity index (χ1) is 11.2. The predicted molar refractivity (Wildman–Crippen MR) is 95.3 cm³/mol. The Morgan fingerprint density at radius 2 is 1.96 bits per heavy atom. The largest absolute Gasteiger partial charge is 0.497 e. The number of halogens is 2. The van der Waals surface area contributed by atoms with E-state index in [4.69, 9.17) is 4.74 Å². The lowest BCUT2D eigenvalue weighted by atomic mass is 10.0. The van der Waals surface area contributed by atoms with Gasteiger partial charge in [-0.1, -0.05) is 24.3 Å². The van der Waals surface area contributed by atoms with Gasteiger partial charge < -0.3 is 15.2 Å². The van der Waals surface area contributed by atoms with Crippen molar-refractivity contribution < 1.29 is 14.2 Å². The maximum absolute atomic E-state index is 13.3. The summed E-state index contributed by atoms with van der Waals surface area (Å²) in [6.07, 6.45) is 2.13. The number of ether oxygens (including phenoxy) is 1. The first kappa shape index (κ1) is 18.7. The Balaban J connectivity index is 0.00000208. The zero-order valence-corrected chi connectivity index (χ0v) is 14.4. The van der Waals surface area contributed by atoms with Crippen molar-refractivity contribution >= 4 is 12.4 Å². The summed E-state index contributed by atoms with van der Waals surface area (Å²) >= 11 is 0. The monoisotopic (exact) mass is 351 g/mol. The first-order valence-electron chi connectivity index (χ1n) is 7.98. The molecule has 130 valence electrons. The van der Waals surface area contributed by atoms with Crippen molar-refractivity contribution in [1.29, 1.82) is 0 Å². The van der Waals surface area contributed by atoms with E-state index in [2.05, 4.69) is 17.4 Å². The molecular formula is C19H23ClFNO2. The van der Waals surface area contributed by atoms with Crippen LogP contribution in [0.4, 0.5) is 4.39 Å². The van der Waals surface area contributed by atoms with Gasteiger partial charge in [-0.3, -0.25) is 0 Å². The Labute approximate surface area is 148 Å². The van der Waals surface area contributed by atoms with Crippen LogP contribution in [0.1, 0.15) is 30.1 Å². The van der Waals surface area contributed by atoms with Crippen molar-refractivity contribution in [3.63, 3.8) is 0 Å². The normalized spacial score (nSPS) is 21.1. The van der Waals surface area contributed by atoms with Gasteiger partial charge in [-0.15, -0.1) is 12.4 Å². The molecule has 2 aromatic carbocycles. The SMILES string of the molecule is COc1ccc(C[C@@H]2CC[C@H]([C@@H](O)c3cccc(F)c3)N2)cc1.Cl. The van der Waals surface area contributed by atoms with Crippen LogP contribution in [-0.2, 0) is 6.42 Å². The van der Waals surface area contributed by atoms with Crippen LogP contribution in [-0.4, -0.2) is 24.3 Å². The molecule has 0 saturated carbocycles. The zero-order valence-electron chi connectivity index (χ0n) is 13.6. The summed E-state index contributed by atoms with van der Waals surface area (Å²) in [5.41, 5.74) is 1.87. The molecule has 1 aliphatic heterocycles. The van der Waals surface area contributed by atoms with Gasteiger partial charge >= 0.3 is 0 Å². The van der Waals surface area contributed by atoms with Crippen LogP contribution in [0, 0.1) is 5.82 Å². The van der Waals surface area contributed by atoms with Crippen LogP contribution in [0.5, 0.6) is 5.75 Å². The fourth-order valence-electron chi connectivity index (χ4n) is 3.23. The minimum atomic E-state index is -0.674. The Kier molecular flexibility index (Phi) is 6.60. The van der Waals surface area contributed by atoms with Crippen molar-refractivity contribution in [2.45, 2.75) is 37.5 Å². The van der Waals surface area contributed by atoms with Crippen LogP contribution in [0.25, 0.3) is 0 Å². The van der Waals surface area contributed by atoms with Gasteiger partial charge in [-0.05, 0) is 54.7 Å². The Hall–Kier alpha value is -1.62. The third-order valence-electron chi connectivity index (χ3n) is 4.49. The van der Waals surface area contributed by atoms with Crippen molar-refractivity contribution in [3.05, 3.63) is 65.5 Å². The van der Waals surface area contributed by atoms with E-state index in [1.807, 2.05) is 12.1 Å². The molecule has 0 bridgehead atoms. The standard InChI is InChI=1S/C19H22FNO2.ClH/c1-23-17-8-5-13(6-9-17)11-16-7-10-18(21-16)19(22)14-3-2-4-15(20)12-14;/h2-6,8-9,12,16,18-19,21-22H,7,10-11H2,1H3;1H/t16-,18+,19-;/m0./s1. The van der Waals surface area contributed by atoms with Crippen molar-refractivity contribution in [1.82, 2.24) is 5.32 Å². The van der Waals surface area contributed by atoms with E-state index in [1.54, 1.807) is 19.2 Å². The highest BCUT2D eigenvalue weighted by Crippen LogP contribution is 2.27. The topological polar surface area (TPSA) is 41.5 Å². The molecule has 0 amide bonds. The lowest BCUT2D eigenvalue weighted by Crippen LogP contribution is -2.35. The molecule has 1 heterocycles. The Morgan fingerprint density at radius 3 is 2.62 bits per heavy atom. The van der Waals surface area contributed by atoms with Crippen LogP contribution < -0.4 is 10.1 Å². The van der Waals surface area contributed by atoms with Gasteiger partial charge in [0.25, 0.3) is 0 Å². The van der Waals surface area contributed by atoms with E-state index < -0.39 is 6.10 Å². The number of methoxy groups -OCH3 is 1.